The zero-order chi connectivity index (χ0) is 21.5. The highest BCUT2D eigenvalue weighted by atomic mass is 16.5. The average molecular weight is 423 g/mol. The van der Waals surface area contributed by atoms with Gasteiger partial charge in [-0.3, -0.25) is 9.98 Å². The van der Waals surface area contributed by atoms with Crippen molar-refractivity contribution in [3.05, 3.63) is 30.6 Å². The van der Waals surface area contributed by atoms with E-state index in [1.807, 2.05) is 13.0 Å². The molecular weight excluding hydrogens is 392 g/mol. The summed E-state index contributed by atoms with van der Waals surface area (Å²) in [5.74, 6) is 1.44. The predicted molar refractivity (Wildman–Crippen MR) is 125 cm³/mol. The van der Waals surface area contributed by atoms with Crippen molar-refractivity contribution in [2.24, 2.45) is 9.98 Å². The van der Waals surface area contributed by atoms with Gasteiger partial charge in [-0.2, -0.15) is 0 Å². The molecule has 1 saturated heterocycles. The van der Waals surface area contributed by atoms with Crippen molar-refractivity contribution in [2.75, 3.05) is 36.5 Å². The maximum atomic E-state index is 6.47. The molecular formula is C23H30N6O2. The summed E-state index contributed by atoms with van der Waals surface area (Å²) in [5, 5.41) is 3.42. The summed E-state index contributed by atoms with van der Waals surface area (Å²) in [6.45, 7) is 8.84. The molecule has 0 radical (unpaired) electrons. The average Bonchev–Trinajstić information content (AvgIpc) is 2.82. The minimum absolute atomic E-state index is 0.133. The second kappa shape index (κ2) is 10.3. The Morgan fingerprint density at radius 3 is 2.58 bits per heavy atom. The van der Waals surface area contributed by atoms with Crippen LogP contribution in [0.5, 0.6) is 5.75 Å². The number of aromatic nitrogens is 2. The number of rotatable bonds is 7. The van der Waals surface area contributed by atoms with Gasteiger partial charge in [0, 0.05) is 49.5 Å². The molecule has 1 saturated carbocycles. The zero-order valence-electron chi connectivity index (χ0n) is 18.0. The van der Waals surface area contributed by atoms with Crippen molar-refractivity contribution in [3.63, 3.8) is 0 Å². The van der Waals surface area contributed by atoms with Crippen LogP contribution in [0.3, 0.4) is 0 Å². The number of aliphatic imine (C=N–C) groups is 2. The summed E-state index contributed by atoms with van der Waals surface area (Å²) in [5.41, 5.74) is 2.57. The fourth-order valence-corrected chi connectivity index (χ4v) is 4.13. The van der Waals surface area contributed by atoms with Gasteiger partial charge in [0.05, 0.1) is 25.0 Å². The standard InChI is InChI=1S/C23H30N6O2/c1-3-25-20-15-18(29-11-13-30-14-12-29)16-21(22(20)24-2)31-19-7-5-17(6-8-19)28-23-26-9-4-10-27-23/h3-4,9-10,15-17,19H,2,5-8,11-14H2,1H3,(H,26,27,28)/b25-3-/t17-,19+. The van der Waals surface area contributed by atoms with E-state index in [4.69, 9.17) is 9.47 Å². The molecule has 1 aliphatic heterocycles. The molecule has 0 atom stereocenters. The van der Waals surface area contributed by atoms with Crippen molar-refractivity contribution in [2.45, 2.75) is 44.8 Å². The number of morpholine rings is 1. The van der Waals surface area contributed by atoms with Crippen LogP contribution in [0.25, 0.3) is 0 Å². The molecule has 0 unspecified atom stereocenters. The summed E-state index contributed by atoms with van der Waals surface area (Å²) in [6, 6.07) is 6.32. The van der Waals surface area contributed by atoms with Crippen LogP contribution in [-0.2, 0) is 4.74 Å². The van der Waals surface area contributed by atoms with Crippen molar-refractivity contribution in [3.8, 4) is 5.75 Å². The fourth-order valence-electron chi connectivity index (χ4n) is 4.13. The maximum absolute atomic E-state index is 6.47. The second-order valence-electron chi connectivity index (χ2n) is 7.76. The van der Waals surface area contributed by atoms with Gasteiger partial charge >= 0.3 is 0 Å². The Morgan fingerprint density at radius 2 is 1.90 bits per heavy atom. The number of nitrogens with one attached hydrogen (secondary N) is 1. The molecule has 2 aliphatic rings. The molecule has 0 amide bonds. The van der Waals surface area contributed by atoms with Crippen LogP contribution in [0.15, 0.2) is 40.6 Å². The fraction of sp³-hybridized carbons (Fsp3) is 0.478. The highest BCUT2D eigenvalue weighted by Gasteiger charge is 2.25. The number of benzene rings is 1. The van der Waals surface area contributed by atoms with Gasteiger partial charge in [-0.05, 0) is 51.5 Å². The first-order valence-corrected chi connectivity index (χ1v) is 10.9. The molecule has 0 bridgehead atoms. The van der Waals surface area contributed by atoms with E-state index < -0.39 is 0 Å². The van der Waals surface area contributed by atoms with Crippen molar-refractivity contribution < 1.29 is 9.47 Å². The Morgan fingerprint density at radius 1 is 1.16 bits per heavy atom. The van der Waals surface area contributed by atoms with Gasteiger partial charge in [0.2, 0.25) is 5.95 Å². The smallest absolute Gasteiger partial charge is 0.222 e. The first-order valence-electron chi connectivity index (χ1n) is 10.9. The summed E-state index contributed by atoms with van der Waals surface area (Å²) < 4.78 is 12.0. The lowest BCUT2D eigenvalue weighted by Gasteiger charge is -2.32. The molecule has 8 nitrogen and oxygen atoms in total. The van der Waals surface area contributed by atoms with Gasteiger partial charge in [-0.15, -0.1) is 0 Å². The van der Waals surface area contributed by atoms with Crippen LogP contribution in [-0.4, -0.2) is 61.3 Å². The number of hydrogen-bond donors (Lipinski definition) is 1. The minimum Gasteiger partial charge on any atom is -0.488 e. The van der Waals surface area contributed by atoms with Gasteiger partial charge < -0.3 is 19.7 Å². The number of hydrogen-bond acceptors (Lipinski definition) is 8. The molecule has 2 heterocycles. The van der Waals surface area contributed by atoms with Crippen LogP contribution in [0.4, 0.5) is 23.0 Å². The molecule has 1 aliphatic carbocycles. The van der Waals surface area contributed by atoms with Crippen LogP contribution in [0.1, 0.15) is 32.6 Å². The minimum atomic E-state index is 0.133. The zero-order valence-corrected chi connectivity index (χ0v) is 18.0. The van der Waals surface area contributed by atoms with Crippen LogP contribution in [0, 0.1) is 0 Å². The Bertz CT molecular complexity index is 890. The van der Waals surface area contributed by atoms with E-state index in [0.717, 1.165) is 69.1 Å². The van der Waals surface area contributed by atoms with Gasteiger partial charge in [-0.1, -0.05) is 0 Å². The summed E-state index contributed by atoms with van der Waals surface area (Å²) in [4.78, 5) is 19.6. The Balaban J connectivity index is 1.46. The van der Waals surface area contributed by atoms with E-state index in [-0.39, 0.29) is 6.10 Å². The maximum Gasteiger partial charge on any atom is 0.222 e. The Kier molecular flexibility index (Phi) is 7.09. The van der Waals surface area contributed by atoms with E-state index in [1.165, 1.54) is 0 Å². The molecule has 4 rings (SSSR count). The van der Waals surface area contributed by atoms with E-state index >= 15 is 0 Å². The highest BCUT2D eigenvalue weighted by molar-refractivity contribution is 5.80. The second-order valence-corrected chi connectivity index (χ2v) is 7.76. The van der Waals surface area contributed by atoms with Crippen molar-refractivity contribution in [1.82, 2.24) is 9.97 Å². The molecule has 2 aromatic rings. The van der Waals surface area contributed by atoms with E-state index in [0.29, 0.717) is 17.7 Å². The van der Waals surface area contributed by atoms with E-state index in [9.17, 15) is 0 Å². The predicted octanol–water partition coefficient (Wildman–Crippen LogP) is 4.17. The van der Waals surface area contributed by atoms with Gasteiger partial charge in [0.1, 0.15) is 11.4 Å². The third kappa shape index (κ3) is 5.38. The van der Waals surface area contributed by atoms with Crippen LogP contribution >= 0.6 is 0 Å². The third-order valence-electron chi connectivity index (χ3n) is 5.71. The van der Waals surface area contributed by atoms with E-state index in [1.54, 1.807) is 18.6 Å². The van der Waals surface area contributed by atoms with E-state index in [2.05, 4.69) is 49.0 Å². The number of anilines is 2. The molecule has 8 heteroatoms. The molecule has 2 fully saturated rings. The van der Waals surface area contributed by atoms with Crippen molar-refractivity contribution >= 4 is 35.9 Å². The molecule has 0 spiro atoms. The normalized spacial score (nSPS) is 21.8. The summed E-state index contributed by atoms with van der Waals surface area (Å²) >= 11 is 0. The molecule has 1 aromatic carbocycles. The third-order valence-corrected chi connectivity index (χ3v) is 5.71. The van der Waals surface area contributed by atoms with Crippen molar-refractivity contribution in [1.29, 1.82) is 0 Å². The van der Waals surface area contributed by atoms with Crippen LogP contribution in [0.2, 0.25) is 0 Å². The monoisotopic (exact) mass is 422 g/mol. The van der Waals surface area contributed by atoms with Gasteiger partial charge in [0.25, 0.3) is 0 Å². The highest BCUT2D eigenvalue weighted by Crippen LogP contribution is 2.43. The number of ether oxygens (including phenoxy) is 2. The first kappa shape index (κ1) is 21.2. The lowest BCUT2D eigenvalue weighted by atomic mass is 9.93. The summed E-state index contributed by atoms with van der Waals surface area (Å²) in [7, 11) is 0. The SMILES string of the molecule is C=Nc1c(/N=C\C)cc(N2CCOCC2)cc1O[C@H]1CC[C@@H](Nc2ncccn2)CC1. The lowest BCUT2D eigenvalue weighted by molar-refractivity contribution is 0.122. The largest absolute Gasteiger partial charge is 0.488 e. The number of nitrogens with zero attached hydrogens (tertiary/aromatic N) is 5. The van der Waals surface area contributed by atoms with Gasteiger partial charge in [-0.25, -0.2) is 9.97 Å². The molecule has 1 aromatic heterocycles. The molecule has 164 valence electrons. The molecule has 1 N–H and O–H groups in total. The van der Waals surface area contributed by atoms with Gasteiger partial charge in [0.15, 0.2) is 0 Å². The topological polar surface area (TPSA) is 84.2 Å². The first-order chi connectivity index (χ1) is 15.3. The summed E-state index contributed by atoms with van der Waals surface area (Å²) in [6.07, 6.45) is 9.33. The van der Waals surface area contributed by atoms with Crippen LogP contribution < -0.4 is 15.0 Å². The Hall–Kier alpha value is -3.00. The molecule has 31 heavy (non-hydrogen) atoms. The quantitative estimate of drug-likeness (QED) is 0.674. The Labute approximate surface area is 183 Å². The lowest BCUT2D eigenvalue weighted by Crippen LogP contribution is -2.36.